The van der Waals surface area contributed by atoms with E-state index in [2.05, 4.69) is 30.9 Å². The van der Waals surface area contributed by atoms with E-state index in [4.69, 9.17) is 9.94 Å². The number of hydrogen-bond donors (Lipinski definition) is 4. The van der Waals surface area contributed by atoms with Crippen molar-refractivity contribution in [1.29, 1.82) is 0 Å². The van der Waals surface area contributed by atoms with Crippen molar-refractivity contribution < 1.29 is 14.7 Å². The van der Waals surface area contributed by atoms with Crippen LogP contribution in [0.3, 0.4) is 0 Å². The summed E-state index contributed by atoms with van der Waals surface area (Å²) in [6.07, 6.45) is 3.49. The number of benzene rings is 1. The SMILES string of the molecule is CONc1cc(-c2cn[nH]c2)cc(-c2nc(SCC(=O)O)n[nH]2)c1. The number of aromatic nitrogens is 5. The van der Waals surface area contributed by atoms with Gasteiger partial charge < -0.3 is 5.11 Å². The fraction of sp³-hybridized carbons (Fsp3) is 0.143. The van der Waals surface area contributed by atoms with Crippen LogP contribution in [0.25, 0.3) is 22.5 Å². The Morgan fingerprint density at radius 3 is 2.88 bits per heavy atom. The van der Waals surface area contributed by atoms with Crippen molar-refractivity contribution in [3.8, 4) is 22.5 Å². The number of carbonyl (C=O) groups is 1. The second-order valence-electron chi connectivity index (χ2n) is 4.74. The number of H-pyrrole nitrogens is 2. The summed E-state index contributed by atoms with van der Waals surface area (Å²) in [4.78, 5) is 19.9. The summed E-state index contributed by atoms with van der Waals surface area (Å²) in [6, 6.07) is 5.69. The summed E-state index contributed by atoms with van der Waals surface area (Å²) in [5, 5.41) is 22.7. The predicted octanol–water partition coefficient (Wildman–Crippen LogP) is 2.01. The van der Waals surface area contributed by atoms with Crippen LogP contribution in [0.5, 0.6) is 0 Å². The molecule has 2 heterocycles. The molecule has 24 heavy (non-hydrogen) atoms. The maximum atomic E-state index is 10.6. The number of thioether (sulfide) groups is 1. The molecule has 0 radical (unpaired) electrons. The third-order valence-electron chi connectivity index (χ3n) is 3.05. The Morgan fingerprint density at radius 1 is 1.33 bits per heavy atom. The molecule has 0 saturated heterocycles. The van der Waals surface area contributed by atoms with Crippen LogP contribution in [0, 0.1) is 0 Å². The van der Waals surface area contributed by atoms with Crippen molar-refractivity contribution in [2.75, 3.05) is 18.3 Å². The number of nitrogens with one attached hydrogen (secondary N) is 3. The highest BCUT2D eigenvalue weighted by molar-refractivity contribution is 7.99. The minimum atomic E-state index is -0.917. The van der Waals surface area contributed by atoms with E-state index in [9.17, 15) is 4.79 Å². The molecular weight excluding hydrogens is 332 g/mol. The van der Waals surface area contributed by atoms with Gasteiger partial charge >= 0.3 is 5.97 Å². The van der Waals surface area contributed by atoms with Crippen molar-refractivity contribution in [1.82, 2.24) is 25.4 Å². The molecule has 2 aromatic heterocycles. The van der Waals surface area contributed by atoms with Crippen LogP contribution in [0.2, 0.25) is 0 Å². The molecule has 0 unspecified atom stereocenters. The Kier molecular flexibility index (Phi) is 4.77. The van der Waals surface area contributed by atoms with Gasteiger partial charge in [-0.15, -0.1) is 5.10 Å². The Bertz CT molecular complexity index is 833. The molecule has 3 aromatic rings. The van der Waals surface area contributed by atoms with Crippen molar-refractivity contribution in [2.24, 2.45) is 0 Å². The molecule has 0 atom stereocenters. The van der Waals surface area contributed by atoms with Crippen molar-refractivity contribution >= 4 is 23.4 Å². The van der Waals surface area contributed by atoms with Crippen molar-refractivity contribution in [3.05, 3.63) is 30.6 Å². The number of carboxylic acids is 1. The quantitative estimate of drug-likeness (QED) is 0.378. The average molecular weight is 346 g/mol. The molecule has 0 bridgehead atoms. The van der Waals surface area contributed by atoms with Crippen LogP contribution >= 0.6 is 11.8 Å². The topological polar surface area (TPSA) is 129 Å². The normalized spacial score (nSPS) is 10.7. The smallest absolute Gasteiger partial charge is 0.313 e. The van der Waals surface area contributed by atoms with E-state index >= 15 is 0 Å². The zero-order valence-electron chi connectivity index (χ0n) is 12.6. The summed E-state index contributed by atoms with van der Waals surface area (Å²) < 4.78 is 0. The molecule has 0 spiro atoms. The fourth-order valence-corrected chi connectivity index (χ4v) is 2.60. The molecule has 1 aromatic carbocycles. The standard InChI is InChI=1S/C14H14N6O3S/c1-23-20-11-3-8(10-5-15-16-6-10)2-9(4-11)13-17-14(19-18-13)24-7-12(21)22/h2-6,20H,7H2,1H3,(H,15,16)(H,21,22)(H,17,18,19). The molecule has 124 valence electrons. The monoisotopic (exact) mass is 346 g/mol. The average Bonchev–Trinajstić information content (AvgIpc) is 3.25. The molecule has 0 saturated carbocycles. The van der Waals surface area contributed by atoms with E-state index in [0.29, 0.717) is 11.0 Å². The summed E-state index contributed by atoms with van der Waals surface area (Å²) in [5.41, 5.74) is 6.14. The first-order valence-electron chi connectivity index (χ1n) is 6.86. The van der Waals surface area contributed by atoms with Crippen LogP contribution < -0.4 is 5.48 Å². The maximum Gasteiger partial charge on any atom is 0.313 e. The van der Waals surface area contributed by atoms with Gasteiger partial charge in [-0.2, -0.15) is 5.10 Å². The van der Waals surface area contributed by atoms with E-state index < -0.39 is 5.97 Å². The van der Waals surface area contributed by atoms with Gasteiger partial charge in [0.05, 0.1) is 24.7 Å². The molecule has 0 aliphatic rings. The Hall–Kier alpha value is -2.85. The third kappa shape index (κ3) is 3.73. The molecule has 4 N–H and O–H groups in total. The second kappa shape index (κ2) is 7.15. The number of anilines is 1. The van der Waals surface area contributed by atoms with Crippen molar-refractivity contribution in [3.63, 3.8) is 0 Å². The Balaban J connectivity index is 1.93. The van der Waals surface area contributed by atoms with Gasteiger partial charge in [-0.25, -0.2) is 4.98 Å². The number of carboxylic acid groups (broad SMARTS) is 1. The summed E-state index contributed by atoms with van der Waals surface area (Å²) in [7, 11) is 1.53. The minimum absolute atomic E-state index is 0.0944. The van der Waals surface area contributed by atoms with Gasteiger partial charge in [0.1, 0.15) is 0 Å². The largest absolute Gasteiger partial charge is 0.481 e. The highest BCUT2D eigenvalue weighted by atomic mass is 32.2. The van der Waals surface area contributed by atoms with Gasteiger partial charge in [0.15, 0.2) is 5.82 Å². The first kappa shape index (κ1) is 16.0. The van der Waals surface area contributed by atoms with E-state index in [0.717, 1.165) is 34.1 Å². The van der Waals surface area contributed by atoms with Gasteiger partial charge in [-0.05, 0) is 23.8 Å². The number of rotatable bonds is 7. The van der Waals surface area contributed by atoms with Crippen LogP contribution in [0.1, 0.15) is 0 Å². The molecule has 0 amide bonds. The Labute approximate surface area is 140 Å². The predicted molar refractivity (Wildman–Crippen MR) is 88.4 cm³/mol. The zero-order chi connectivity index (χ0) is 16.9. The van der Waals surface area contributed by atoms with Crippen molar-refractivity contribution in [2.45, 2.75) is 5.16 Å². The highest BCUT2D eigenvalue weighted by Gasteiger charge is 2.11. The lowest BCUT2D eigenvalue weighted by Gasteiger charge is -2.08. The summed E-state index contributed by atoms with van der Waals surface area (Å²) in [6.45, 7) is 0. The lowest BCUT2D eigenvalue weighted by atomic mass is 10.0. The summed E-state index contributed by atoms with van der Waals surface area (Å²) in [5.74, 6) is -0.477. The first-order chi connectivity index (χ1) is 11.7. The van der Waals surface area contributed by atoms with Gasteiger partial charge in [-0.1, -0.05) is 11.8 Å². The van der Waals surface area contributed by atoms with Gasteiger partial charge in [-0.3, -0.25) is 25.3 Å². The molecule has 10 heteroatoms. The third-order valence-corrected chi connectivity index (χ3v) is 3.88. The van der Waals surface area contributed by atoms with Crippen LogP contribution in [0.4, 0.5) is 5.69 Å². The van der Waals surface area contributed by atoms with Crippen LogP contribution in [-0.2, 0) is 9.63 Å². The van der Waals surface area contributed by atoms with Gasteiger partial charge in [0, 0.05) is 17.3 Å². The molecule has 0 fully saturated rings. The zero-order valence-corrected chi connectivity index (χ0v) is 13.4. The van der Waals surface area contributed by atoms with E-state index in [1.54, 1.807) is 12.4 Å². The molecule has 3 rings (SSSR count). The number of aliphatic carboxylic acids is 1. The van der Waals surface area contributed by atoms with E-state index in [1.165, 1.54) is 7.11 Å². The number of nitrogens with zero attached hydrogens (tertiary/aromatic N) is 3. The number of aromatic amines is 2. The second-order valence-corrected chi connectivity index (χ2v) is 5.68. The van der Waals surface area contributed by atoms with Crippen LogP contribution in [0.15, 0.2) is 35.7 Å². The molecular formula is C14H14N6O3S. The molecule has 9 nitrogen and oxygen atoms in total. The van der Waals surface area contributed by atoms with E-state index in [-0.39, 0.29) is 5.75 Å². The summed E-state index contributed by atoms with van der Waals surface area (Å²) >= 11 is 1.05. The van der Waals surface area contributed by atoms with E-state index in [1.807, 2.05) is 18.2 Å². The fourth-order valence-electron chi connectivity index (χ4n) is 2.08. The molecule has 0 aliphatic carbocycles. The maximum absolute atomic E-state index is 10.6. The highest BCUT2D eigenvalue weighted by Crippen LogP contribution is 2.29. The minimum Gasteiger partial charge on any atom is -0.481 e. The van der Waals surface area contributed by atoms with Crippen LogP contribution in [-0.4, -0.2) is 49.3 Å². The molecule has 0 aliphatic heterocycles. The Morgan fingerprint density at radius 2 is 2.17 bits per heavy atom. The lowest BCUT2D eigenvalue weighted by molar-refractivity contribution is -0.133. The van der Waals surface area contributed by atoms with Gasteiger partial charge in [0.25, 0.3) is 0 Å². The number of hydrogen-bond acceptors (Lipinski definition) is 7. The lowest BCUT2D eigenvalue weighted by Crippen LogP contribution is -1.97. The van der Waals surface area contributed by atoms with Gasteiger partial charge in [0.2, 0.25) is 5.16 Å². The first-order valence-corrected chi connectivity index (χ1v) is 7.85.